The van der Waals surface area contributed by atoms with Gasteiger partial charge in [0.1, 0.15) is 0 Å². The van der Waals surface area contributed by atoms with E-state index in [2.05, 4.69) is 35.6 Å². The average Bonchev–Trinajstić information content (AvgIpc) is 2.69. The first-order chi connectivity index (χ1) is 6.45. The molecule has 1 aliphatic heterocycles. The molecule has 1 aromatic carbocycles. The van der Waals surface area contributed by atoms with Crippen molar-refractivity contribution in [3.63, 3.8) is 0 Å². The Labute approximate surface area is 83.9 Å². The smallest absolute Gasteiger partial charge is 0.0162 e. The first kappa shape index (κ1) is 9.10. The summed E-state index contributed by atoms with van der Waals surface area (Å²) in [5, 5.41) is 3.51. The quantitative estimate of drug-likeness (QED) is 0.740. The van der Waals surface area contributed by atoms with Crippen molar-refractivity contribution in [2.24, 2.45) is 0 Å². The van der Waals surface area contributed by atoms with E-state index < -0.39 is 0 Å². The molecule has 70 valence electrons. The minimum Gasteiger partial charge on any atom is -0.313 e. The zero-order valence-electron chi connectivity index (χ0n) is 7.70. The van der Waals surface area contributed by atoms with Gasteiger partial charge < -0.3 is 5.32 Å². The largest absolute Gasteiger partial charge is 0.313 e. The van der Waals surface area contributed by atoms with E-state index in [1.165, 1.54) is 30.0 Å². The van der Waals surface area contributed by atoms with E-state index in [0.717, 1.165) is 6.04 Å². The summed E-state index contributed by atoms with van der Waals surface area (Å²) < 4.78 is 0. The van der Waals surface area contributed by atoms with E-state index in [9.17, 15) is 0 Å². The van der Waals surface area contributed by atoms with Gasteiger partial charge in [-0.05, 0) is 31.5 Å². The summed E-state index contributed by atoms with van der Waals surface area (Å²) in [7, 11) is 0. The molecule has 0 bridgehead atoms. The molecule has 0 amide bonds. The number of hydrogen-bond donors (Lipinski definition) is 1. The van der Waals surface area contributed by atoms with Crippen molar-refractivity contribution in [1.82, 2.24) is 5.32 Å². The van der Waals surface area contributed by atoms with Crippen LogP contribution in [0, 0.1) is 0 Å². The molecule has 1 nitrogen and oxygen atoms in total. The van der Waals surface area contributed by atoms with Crippen LogP contribution in [-0.2, 0) is 0 Å². The van der Waals surface area contributed by atoms with Gasteiger partial charge in [-0.2, -0.15) is 0 Å². The van der Waals surface area contributed by atoms with E-state index in [4.69, 9.17) is 0 Å². The van der Waals surface area contributed by atoms with Crippen molar-refractivity contribution in [1.29, 1.82) is 0 Å². The maximum Gasteiger partial charge on any atom is 0.0162 e. The highest BCUT2D eigenvalue weighted by Crippen LogP contribution is 2.20. The van der Waals surface area contributed by atoms with E-state index in [1.54, 1.807) is 0 Å². The summed E-state index contributed by atoms with van der Waals surface area (Å²) >= 11 is 1.96. The van der Waals surface area contributed by atoms with Crippen LogP contribution < -0.4 is 5.32 Å². The van der Waals surface area contributed by atoms with Crippen LogP contribution in [0.3, 0.4) is 0 Å². The monoisotopic (exact) mass is 193 g/mol. The molecule has 0 spiro atoms. The molecule has 0 aliphatic carbocycles. The minimum atomic E-state index is 0.741. The summed E-state index contributed by atoms with van der Waals surface area (Å²) in [6.07, 6.45) is 2.69. The van der Waals surface area contributed by atoms with Crippen LogP contribution in [0.15, 0.2) is 35.2 Å². The Kier molecular flexibility index (Phi) is 3.27. The molecule has 13 heavy (non-hydrogen) atoms. The van der Waals surface area contributed by atoms with E-state index in [1.807, 2.05) is 11.8 Å². The Bertz CT molecular complexity index is 242. The molecule has 2 rings (SSSR count). The number of rotatable bonds is 3. The van der Waals surface area contributed by atoms with Gasteiger partial charge in [-0.1, -0.05) is 18.2 Å². The first-order valence-corrected chi connectivity index (χ1v) is 5.85. The normalized spacial score (nSPS) is 22.0. The van der Waals surface area contributed by atoms with Crippen molar-refractivity contribution >= 4 is 11.8 Å². The highest BCUT2D eigenvalue weighted by Gasteiger charge is 2.13. The lowest BCUT2D eigenvalue weighted by molar-refractivity contribution is 0.674. The third-order valence-corrected chi connectivity index (χ3v) is 3.53. The molecule has 1 N–H and O–H groups in total. The fourth-order valence-corrected chi connectivity index (χ4v) is 2.64. The second-order valence-electron chi connectivity index (χ2n) is 3.42. The van der Waals surface area contributed by atoms with Gasteiger partial charge in [-0.25, -0.2) is 0 Å². The maximum atomic E-state index is 3.51. The first-order valence-electron chi connectivity index (χ1n) is 4.86. The summed E-state index contributed by atoms with van der Waals surface area (Å²) in [5.74, 6) is 1.21. The lowest BCUT2D eigenvalue weighted by atomic mass is 10.3. The lowest BCUT2D eigenvalue weighted by Gasteiger charge is -2.08. The zero-order valence-corrected chi connectivity index (χ0v) is 8.52. The standard InChI is InChI=1S/C11H15NS/c1-2-6-11(7-3-1)13-9-10-5-4-8-12-10/h1-3,6-7,10,12H,4-5,8-9H2. The van der Waals surface area contributed by atoms with Crippen molar-refractivity contribution in [2.45, 2.75) is 23.8 Å². The Morgan fingerprint density at radius 3 is 2.85 bits per heavy atom. The topological polar surface area (TPSA) is 12.0 Å². The molecule has 0 saturated carbocycles. The molecule has 2 heteroatoms. The third-order valence-electron chi connectivity index (χ3n) is 2.36. The molecular formula is C11H15NS. The zero-order chi connectivity index (χ0) is 8.93. The van der Waals surface area contributed by atoms with Crippen LogP contribution in [0.5, 0.6) is 0 Å². The van der Waals surface area contributed by atoms with Crippen LogP contribution in [0.1, 0.15) is 12.8 Å². The summed E-state index contributed by atoms with van der Waals surface area (Å²) in [6, 6.07) is 11.4. The predicted molar refractivity (Wildman–Crippen MR) is 58.2 cm³/mol. The maximum absolute atomic E-state index is 3.51. The van der Waals surface area contributed by atoms with Gasteiger partial charge in [0.25, 0.3) is 0 Å². The van der Waals surface area contributed by atoms with Crippen molar-refractivity contribution in [3.8, 4) is 0 Å². The van der Waals surface area contributed by atoms with Gasteiger partial charge in [0.05, 0.1) is 0 Å². The van der Waals surface area contributed by atoms with Gasteiger partial charge >= 0.3 is 0 Å². The number of benzene rings is 1. The van der Waals surface area contributed by atoms with Gasteiger partial charge in [-0.15, -0.1) is 11.8 Å². The number of hydrogen-bond acceptors (Lipinski definition) is 2. The highest BCUT2D eigenvalue weighted by atomic mass is 32.2. The minimum absolute atomic E-state index is 0.741. The summed E-state index contributed by atoms with van der Waals surface area (Å²) in [5.41, 5.74) is 0. The molecular weight excluding hydrogens is 178 g/mol. The Morgan fingerprint density at radius 2 is 2.15 bits per heavy atom. The predicted octanol–water partition coefficient (Wildman–Crippen LogP) is 2.53. The van der Waals surface area contributed by atoms with Crippen LogP contribution in [0.25, 0.3) is 0 Å². The summed E-state index contributed by atoms with van der Waals surface area (Å²) in [6.45, 7) is 1.21. The van der Waals surface area contributed by atoms with Gasteiger partial charge in [0.15, 0.2) is 0 Å². The van der Waals surface area contributed by atoms with Crippen molar-refractivity contribution in [2.75, 3.05) is 12.3 Å². The van der Waals surface area contributed by atoms with Crippen LogP contribution in [0.4, 0.5) is 0 Å². The number of nitrogens with one attached hydrogen (secondary N) is 1. The fraction of sp³-hybridized carbons (Fsp3) is 0.455. The van der Waals surface area contributed by atoms with Crippen LogP contribution >= 0.6 is 11.8 Å². The lowest BCUT2D eigenvalue weighted by Crippen LogP contribution is -2.23. The Balaban J connectivity index is 1.79. The fourth-order valence-electron chi connectivity index (χ4n) is 1.61. The highest BCUT2D eigenvalue weighted by molar-refractivity contribution is 7.99. The van der Waals surface area contributed by atoms with E-state index >= 15 is 0 Å². The van der Waals surface area contributed by atoms with Gasteiger partial charge in [0.2, 0.25) is 0 Å². The molecule has 1 aliphatic rings. The second kappa shape index (κ2) is 4.68. The van der Waals surface area contributed by atoms with Crippen molar-refractivity contribution < 1.29 is 0 Å². The van der Waals surface area contributed by atoms with Crippen LogP contribution in [0.2, 0.25) is 0 Å². The Hall–Kier alpha value is -0.470. The molecule has 1 atom stereocenters. The van der Waals surface area contributed by atoms with Gasteiger partial charge in [0, 0.05) is 16.7 Å². The van der Waals surface area contributed by atoms with Crippen molar-refractivity contribution in [3.05, 3.63) is 30.3 Å². The van der Waals surface area contributed by atoms with E-state index in [0.29, 0.717) is 0 Å². The molecule has 0 aromatic heterocycles. The molecule has 1 aromatic rings. The number of thioether (sulfide) groups is 1. The van der Waals surface area contributed by atoms with Crippen LogP contribution in [-0.4, -0.2) is 18.3 Å². The molecule has 1 unspecified atom stereocenters. The second-order valence-corrected chi connectivity index (χ2v) is 4.51. The Morgan fingerprint density at radius 1 is 1.31 bits per heavy atom. The molecule has 1 saturated heterocycles. The van der Waals surface area contributed by atoms with E-state index in [-0.39, 0.29) is 0 Å². The third kappa shape index (κ3) is 2.75. The molecule has 0 radical (unpaired) electrons. The SMILES string of the molecule is c1ccc(SCC2CCCN2)cc1. The molecule has 1 heterocycles. The molecule has 1 fully saturated rings. The summed E-state index contributed by atoms with van der Waals surface area (Å²) in [4.78, 5) is 1.39. The van der Waals surface area contributed by atoms with Gasteiger partial charge in [-0.3, -0.25) is 0 Å². The average molecular weight is 193 g/mol.